The fourth-order valence-corrected chi connectivity index (χ4v) is 5.16. The van der Waals surface area contributed by atoms with Crippen molar-refractivity contribution in [2.75, 3.05) is 38.0 Å². The zero-order valence-electron chi connectivity index (χ0n) is 21.5. The topological polar surface area (TPSA) is 61.6 Å². The van der Waals surface area contributed by atoms with E-state index in [2.05, 4.69) is 15.1 Å². The van der Waals surface area contributed by atoms with Gasteiger partial charge < -0.3 is 9.73 Å². The number of hydrogen-bond donors (Lipinski definition) is 1. The molecule has 1 aliphatic rings. The quantitative estimate of drug-likeness (QED) is 0.278. The van der Waals surface area contributed by atoms with Crippen LogP contribution in [-0.2, 0) is 11.3 Å². The fraction of sp³-hybridized carbons (Fsp3) is 0.267. The minimum absolute atomic E-state index is 0.0147. The van der Waals surface area contributed by atoms with Crippen molar-refractivity contribution < 1.29 is 9.21 Å². The van der Waals surface area contributed by atoms with E-state index in [0.717, 1.165) is 59.8 Å². The highest BCUT2D eigenvalue weighted by atomic mass is 35.5. The van der Waals surface area contributed by atoms with Crippen LogP contribution in [0, 0.1) is 13.8 Å². The molecule has 0 spiro atoms. The molecule has 0 aliphatic carbocycles. The zero-order chi connectivity index (χ0) is 26.6. The number of hydrogen-bond acceptors (Lipinski definition) is 5. The van der Waals surface area contributed by atoms with Gasteiger partial charge in [0.25, 0.3) is 0 Å². The molecule has 0 radical (unpaired) electrons. The molecule has 1 aromatic heterocycles. The second-order valence-electron chi connectivity index (χ2n) is 9.67. The van der Waals surface area contributed by atoms with Gasteiger partial charge in [-0.05, 0) is 49.2 Å². The summed E-state index contributed by atoms with van der Waals surface area (Å²) >= 11 is 12.5. The number of aromatic nitrogens is 1. The van der Waals surface area contributed by atoms with Crippen LogP contribution >= 0.6 is 23.2 Å². The fourth-order valence-electron chi connectivity index (χ4n) is 4.78. The molecule has 0 saturated carbocycles. The number of oxazole rings is 1. The van der Waals surface area contributed by atoms with Gasteiger partial charge in [-0.3, -0.25) is 14.6 Å². The van der Waals surface area contributed by atoms with Gasteiger partial charge in [0.1, 0.15) is 5.69 Å². The number of nitrogens with zero attached hydrogens (tertiary/aromatic N) is 3. The number of rotatable bonds is 7. The normalized spacial score (nSPS) is 14.5. The highest BCUT2D eigenvalue weighted by molar-refractivity contribution is 6.31. The lowest BCUT2D eigenvalue weighted by Gasteiger charge is -2.33. The first-order valence-corrected chi connectivity index (χ1v) is 13.4. The highest BCUT2D eigenvalue weighted by Gasteiger charge is 2.23. The van der Waals surface area contributed by atoms with Crippen LogP contribution in [0.15, 0.2) is 71.1 Å². The Kier molecular flexibility index (Phi) is 8.15. The highest BCUT2D eigenvalue weighted by Crippen LogP contribution is 2.35. The zero-order valence-corrected chi connectivity index (χ0v) is 23.0. The first kappa shape index (κ1) is 26.4. The minimum Gasteiger partial charge on any atom is -0.439 e. The molecule has 1 amide bonds. The van der Waals surface area contributed by atoms with E-state index in [0.29, 0.717) is 34.8 Å². The van der Waals surface area contributed by atoms with E-state index in [1.54, 1.807) is 0 Å². The van der Waals surface area contributed by atoms with Crippen molar-refractivity contribution in [1.82, 2.24) is 14.8 Å². The van der Waals surface area contributed by atoms with Crippen LogP contribution in [0.1, 0.15) is 17.0 Å². The number of carbonyl (C=O) groups excluding carboxylic acids is 1. The number of benzene rings is 3. The van der Waals surface area contributed by atoms with Gasteiger partial charge in [-0.1, -0.05) is 65.7 Å². The Hall–Kier alpha value is -3.16. The van der Waals surface area contributed by atoms with Crippen LogP contribution < -0.4 is 5.32 Å². The van der Waals surface area contributed by atoms with Crippen LogP contribution in [0.25, 0.3) is 22.6 Å². The summed E-state index contributed by atoms with van der Waals surface area (Å²) in [5.41, 5.74) is 5.55. The molecule has 1 aliphatic heterocycles. The van der Waals surface area contributed by atoms with Gasteiger partial charge in [-0.2, -0.15) is 0 Å². The van der Waals surface area contributed by atoms with Crippen molar-refractivity contribution in [1.29, 1.82) is 0 Å². The maximum absolute atomic E-state index is 12.7. The third-order valence-electron chi connectivity index (χ3n) is 6.79. The maximum atomic E-state index is 12.7. The van der Waals surface area contributed by atoms with E-state index in [9.17, 15) is 4.79 Å². The van der Waals surface area contributed by atoms with Crippen molar-refractivity contribution in [2.24, 2.45) is 0 Å². The molecule has 1 fully saturated rings. The monoisotopic (exact) mass is 548 g/mol. The molecular formula is C30H30Cl2N4O2. The molecule has 1 N–H and O–H groups in total. The predicted octanol–water partition coefficient (Wildman–Crippen LogP) is 6.69. The van der Waals surface area contributed by atoms with Gasteiger partial charge in [0, 0.05) is 53.0 Å². The Morgan fingerprint density at radius 1 is 0.868 bits per heavy atom. The summed E-state index contributed by atoms with van der Waals surface area (Å²) in [5.74, 6) is 1.32. The molecule has 0 atom stereocenters. The Labute approximate surface area is 233 Å². The number of halogens is 2. The molecule has 196 valence electrons. The Morgan fingerprint density at radius 2 is 1.45 bits per heavy atom. The molecule has 4 aromatic rings. The van der Waals surface area contributed by atoms with E-state index in [1.807, 2.05) is 80.6 Å². The molecule has 2 heterocycles. The second-order valence-corrected chi connectivity index (χ2v) is 10.5. The van der Waals surface area contributed by atoms with E-state index in [-0.39, 0.29) is 5.91 Å². The third-order valence-corrected chi connectivity index (χ3v) is 7.26. The lowest BCUT2D eigenvalue weighted by Crippen LogP contribution is -2.48. The van der Waals surface area contributed by atoms with E-state index < -0.39 is 0 Å². The van der Waals surface area contributed by atoms with Crippen LogP contribution in [0.3, 0.4) is 0 Å². The van der Waals surface area contributed by atoms with Gasteiger partial charge in [-0.25, -0.2) is 4.98 Å². The summed E-state index contributed by atoms with van der Waals surface area (Å²) in [4.78, 5) is 22.1. The van der Waals surface area contributed by atoms with Gasteiger partial charge in [0.05, 0.1) is 13.1 Å². The number of aryl methyl sites for hydroxylation is 2. The molecule has 0 bridgehead atoms. The SMILES string of the molecule is Cc1cccc(C)c1NC(=O)CN1CCN(Cc2nc(-c3cccc(Cl)c3)c(-c3cccc(Cl)c3)o2)CC1. The number of amides is 1. The second kappa shape index (κ2) is 11.7. The lowest BCUT2D eigenvalue weighted by atomic mass is 10.1. The van der Waals surface area contributed by atoms with Crippen LogP contribution in [-0.4, -0.2) is 53.4 Å². The third kappa shape index (κ3) is 6.27. The number of para-hydroxylation sites is 1. The average molecular weight is 550 g/mol. The van der Waals surface area contributed by atoms with Gasteiger partial charge in [-0.15, -0.1) is 0 Å². The molecule has 0 unspecified atom stereocenters. The summed E-state index contributed by atoms with van der Waals surface area (Å²) < 4.78 is 6.30. The smallest absolute Gasteiger partial charge is 0.238 e. The van der Waals surface area contributed by atoms with E-state index in [4.69, 9.17) is 32.6 Å². The average Bonchev–Trinajstić information content (AvgIpc) is 3.31. The van der Waals surface area contributed by atoms with Gasteiger partial charge in [0.15, 0.2) is 5.76 Å². The minimum atomic E-state index is 0.0147. The summed E-state index contributed by atoms with van der Waals surface area (Å²) in [6, 6.07) is 21.2. The summed E-state index contributed by atoms with van der Waals surface area (Å²) in [5, 5.41) is 4.36. The molecule has 3 aromatic carbocycles. The standard InChI is InChI=1S/C30H30Cl2N4O2/c1-20-6-3-7-21(2)28(20)33-26(37)18-35-12-14-36(15-13-35)19-27-34-29(22-8-4-10-24(31)16-22)30(38-27)23-9-5-11-25(32)17-23/h3-11,16-17H,12-15,18-19H2,1-2H3,(H,33,37). The molecule has 1 saturated heterocycles. The molecule has 38 heavy (non-hydrogen) atoms. The van der Waals surface area contributed by atoms with Crippen molar-refractivity contribution >= 4 is 34.8 Å². The van der Waals surface area contributed by atoms with Gasteiger partial charge in [0.2, 0.25) is 11.8 Å². The Morgan fingerprint density at radius 3 is 2.11 bits per heavy atom. The summed E-state index contributed by atoms with van der Waals surface area (Å²) in [6.45, 7) is 8.21. The summed E-state index contributed by atoms with van der Waals surface area (Å²) in [7, 11) is 0. The predicted molar refractivity (Wildman–Crippen MR) is 154 cm³/mol. The number of carbonyl (C=O) groups is 1. The van der Waals surface area contributed by atoms with E-state index in [1.165, 1.54) is 0 Å². The van der Waals surface area contributed by atoms with Crippen LogP contribution in [0.4, 0.5) is 5.69 Å². The van der Waals surface area contributed by atoms with Gasteiger partial charge >= 0.3 is 0 Å². The Bertz CT molecular complexity index is 1360. The number of piperazine rings is 1. The number of nitrogens with one attached hydrogen (secondary N) is 1. The first-order valence-electron chi connectivity index (χ1n) is 12.7. The largest absolute Gasteiger partial charge is 0.439 e. The number of anilines is 1. The van der Waals surface area contributed by atoms with Crippen LogP contribution in [0.5, 0.6) is 0 Å². The van der Waals surface area contributed by atoms with Crippen molar-refractivity contribution in [3.8, 4) is 22.6 Å². The Balaban J connectivity index is 1.24. The van der Waals surface area contributed by atoms with Crippen molar-refractivity contribution in [2.45, 2.75) is 20.4 Å². The molecule has 6 nitrogen and oxygen atoms in total. The molecule has 8 heteroatoms. The van der Waals surface area contributed by atoms with Crippen LogP contribution in [0.2, 0.25) is 10.0 Å². The van der Waals surface area contributed by atoms with E-state index >= 15 is 0 Å². The lowest BCUT2D eigenvalue weighted by molar-refractivity contribution is -0.117. The molecule has 5 rings (SSSR count). The van der Waals surface area contributed by atoms with Crippen molar-refractivity contribution in [3.05, 3.63) is 93.8 Å². The first-order chi connectivity index (χ1) is 18.4. The molecular weight excluding hydrogens is 519 g/mol. The maximum Gasteiger partial charge on any atom is 0.238 e. The summed E-state index contributed by atoms with van der Waals surface area (Å²) in [6.07, 6.45) is 0. The van der Waals surface area contributed by atoms with Crippen molar-refractivity contribution in [3.63, 3.8) is 0 Å².